The van der Waals surface area contributed by atoms with Crippen molar-refractivity contribution < 1.29 is 14.6 Å². The lowest BCUT2D eigenvalue weighted by Gasteiger charge is -2.20. The van der Waals surface area contributed by atoms with Crippen LogP contribution < -0.4 is 4.74 Å². The van der Waals surface area contributed by atoms with Gasteiger partial charge in [0.2, 0.25) is 5.88 Å². The molecule has 0 amide bonds. The average Bonchev–Trinajstić information content (AvgIpc) is 3.32. The van der Waals surface area contributed by atoms with Gasteiger partial charge in [-0.15, -0.1) is 11.7 Å². The van der Waals surface area contributed by atoms with E-state index >= 15 is 0 Å². The van der Waals surface area contributed by atoms with E-state index in [9.17, 15) is 4.79 Å². The van der Waals surface area contributed by atoms with Gasteiger partial charge in [0.15, 0.2) is 5.82 Å². The number of nitrogens with zero attached hydrogens (tertiary/aromatic N) is 3. The lowest BCUT2D eigenvalue weighted by Crippen LogP contribution is -2.18. The van der Waals surface area contributed by atoms with E-state index in [1.165, 1.54) is 25.7 Å². The van der Waals surface area contributed by atoms with Crippen LogP contribution in [0.1, 0.15) is 38.5 Å². The number of rotatable bonds is 9. The van der Waals surface area contributed by atoms with Gasteiger partial charge < -0.3 is 9.84 Å². The topological polar surface area (TPSA) is 76.7 Å². The quantitative estimate of drug-likeness (QED) is 0.517. The van der Waals surface area contributed by atoms with Gasteiger partial charge in [0.1, 0.15) is 5.17 Å². The van der Waals surface area contributed by atoms with Crippen molar-refractivity contribution in [3.05, 3.63) is 31.0 Å². The number of carboxylic acid groups (broad SMARTS) is 1. The van der Waals surface area contributed by atoms with E-state index in [-0.39, 0.29) is 11.6 Å². The van der Waals surface area contributed by atoms with Crippen LogP contribution in [0.25, 0.3) is 5.82 Å². The Morgan fingerprint density at radius 3 is 3.00 bits per heavy atom. The summed E-state index contributed by atoms with van der Waals surface area (Å²) in [6, 6.07) is 1.79. The first-order valence-corrected chi connectivity index (χ1v) is 9.37. The summed E-state index contributed by atoms with van der Waals surface area (Å²) >= 11 is 5.92. The van der Waals surface area contributed by atoms with Gasteiger partial charge in [-0.2, -0.15) is 0 Å². The second-order valence-electron chi connectivity index (χ2n) is 6.99. The van der Waals surface area contributed by atoms with Crippen LogP contribution in [-0.4, -0.2) is 32.6 Å². The number of hydrogen-bond donors (Lipinski definition) is 1. The van der Waals surface area contributed by atoms with Crippen molar-refractivity contribution >= 4 is 28.6 Å². The van der Waals surface area contributed by atoms with E-state index in [1.807, 2.05) is 0 Å². The fourth-order valence-corrected chi connectivity index (χ4v) is 4.15. The molecule has 2 fully saturated rings. The Labute approximate surface area is 158 Å². The molecular formula is C19H24ClN3O3. The maximum atomic E-state index is 10.8. The molecule has 0 spiro atoms. The number of carbonyl (C=O) groups is 1. The summed E-state index contributed by atoms with van der Waals surface area (Å²) in [6.45, 7) is 4.38. The highest BCUT2D eigenvalue weighted by molar-refractivity contribution is 6.67. The highest BCUT2D eigenvalue weighted by Gasteiger charge is 2.39. The molecule has 6 nitrogen and oxygen atoms in total. The van der Waals surface area contributed by atoms with Crippen molar-refractivity contribution in [1.29, 1.82) is 0 Å². The molecule has 2 saturated carbocycles. The highest BCUT2D eigenvalue weighted by Crippen LogP contribution is 2.48. The van der Waals surface area contributed by atoms with Crippen LogP contribution in [0, 0.1) is 17.8 Å². The Hall–Kier alpha value is -2.08. The van der Waals surface area contributed by atoms with Crippen LogP contribution in [0.3, 0.4) is 0 Å². The number of hydrogen-bond acceptors (Lipinski definition) is 4. The summed E-state index contributed by atoms with van der Waals surface area (Å²) in [5.41, 5.74) is 0. The smallest absolute Gasteiger partial charge is 0.310 e. The van der Waals surface area contributed by atoms with Crippen LogP contribution in [0.2, 0.25) is 0 Å². The molecule has 0 radical (unpaired) electrons. The Morgan fingerprint density at radius 2 is 2.35 bits per heavy atom. The van der Waals surface area contributed by atoms with Crippen molar-refractivity contribution in [2.24, 2.45) is 22.7 Å². The Morgan fingerprint density at radius 1 is 1.50 bits per heavy atom. The lowest BCUT2D eigenvalue weighted by molar-refractivity contribution is -0.135. The summed E-state index contributed by atoms with van der Waals surface area (Å²) in [5, 5.41) is 13.2. The normalized spacial score (nSPS) is 25.5. The largest absolute Gasteiger partial charge is 0.481 e. The fraction of sp³-hybridized carbons (Fsp3) is 0.526. The number of carboxylic acids is 1. The number of aromatic nitrogens is 2. The minimum atomic E-state index is -1.03. The second kappa shape index (κ2) is 8.54. The van der Waals surface area contributed by atoms with Gasteiger partial charge >= 0.3 is 5.97 Å². The van der Waals surface area contributed by atoms with Crippen LogP contribution in [-0.2, 0) is 4.79 Å². The first-order valence-electron chi connectivity index (χ1n) is 9.00. The standard InChI is InChI=1S/C19H24ClN3O3/c1-2-3-4-17(21-16(20)11-19(24)25)23-8-7-18(22-23)26-12-15-10-13-5-6-14(15)9-13/h2,4,7-8,13-15H,1,3,5-6,9-12H2,(H,24,25)/b17-4+,21-16+. The molecule has 0 aromatic carbocycles. The molecule has 1 heterocycles. The van der Waals surface area contributed by atoms with Gasteiger partial charge in [0.25, 0.3) is 0 Å². The summed E-state index contributed by atoms with van der Waals surface area (Å²) < 4.78 is 7.44. The van der Waals surface area contributed by atoms with Crippen molar-refractivity contribution in [2.45, 2.75) is 38.5 Å². The lowest BCUT2D eigenvalue weighted by atomic mass is 9.90. The number of allylic oxidation sites excluding steroid dienone is 2. The third kappa shape index (κ3) is 4.75. The highest BCUT2D eigenvalue weighted by atomic mass is 35.5. The van der Waals surface area contributed by atoms with E-state index in [0.717, 1.165) is 11.8 Å². The summed E-state index contributed by atoms with van der Waals surface area (Å²) in [4.78, 5) is 14.9. The number of fused-ring (bicyclic) bond motifs is 2. The molecule has 7 heteroatoms. The number of halogens is 1. The first-order chi connectivity index (χ1) is 12.5. The number of ether oxygens (including phenoxy) is 1. The molecule has 0 aliphatic heterocycles. The maximum Gasteiger partial charge on any atom is 0.310 e. The van der Waals surface area contributed by atoms with Crippen molar-refractivity contribution in [3.8, 4) is 5.88 Å². The summed E-state index contributed by atoms with van der Waals surface area (Å²) in [6.07, 6.45) is 10.8. The first kappa shape index (κ1) is 18.7. The zero-order chi connectivity index (χ0) is 18.5. The van der Waals surface area contributed by atoms with Crippen LogP contribution in [0.4, 0.5) is 0 Å². The molecule has 1 aromatic heterocycles. The minimum absolute atomic E-state index is 0.00670. The van der Waals surface area contributed by atoms with Gasteiger partial charge in [0.05, 0.1) is 13.0 Å². The predicted octanol–water partition coefficient (Wildman–Crippen LogP) is 4.18. The van der Waals surface area contributed by atoms with Gasteiger partial charge in [-0.25, -0.2) is 9.67 Å². The van der Waals surface area contributed by atoms with Gasteiger partial charge in [-0.05, 0) is 49.5 Å². The third-order valence-corrected chi connectivity index (χ3v) is 5.35. The molecule has 2 aliphatic rings. The second-order valence-corrected chi connectivity index (χ2v) is 7.43. The van der Waals surface area contributed by atoms with Crippen molar-refractivity contribution in [2.75, 3.05) is 6.61 Å². The molecule has 140 valence electrons. The molecule has 3 rings (SSSR count). The SMILES string of the molecule is C=CC/C=C(\N=C(\Cl)CC(=O)O)n1ccc(OCC2CC3CCC2C3)n1. The predicted molar refractivity (Wildman–Crippen MR) is 101 cm³/mol. The number of aliphatic imine (C=N–C) groups is 1. The molecule has 3 atom stereocenters. The maximum absolute atomic E-state index is 10.8. The van der Waals surface area contributed by atoms with E-state index in [4.69, 9.17) is 21.4 Å². The van der Waals surface area contributed by atoms with Crippen LogP contribution in [0.5, 0.6) is 5.88 Å². The third-order valence-electron chi connectivity index (χ3n) is 5.13. The van der Waals surface area contributed by atoms with Gasteiger partial charge in [-0.3, -0.25) is 4.79 Å². The van der Waals surface area contributed by atoms with E-state index in [0.29, 0.717) is 30.6 Å². The molecular weight excluding hydrogens is 354 g/mol. The van der Waals surface area contributed by atoms with Crippen molar-refractivity contribution in [3.63, 3.8) is 0 Å². The molecule has 3 unspecified atom stereocenters. The van der Waals surface area contributed by atoms with Crippen LogP contribution in [0.15, 0.2) is 36.0 Å². The molecule has 0 saturated heterocycles. The van der Waals surface area contributed by atoms with Gasteiger partial charge in [0, 0.05) is 12.3 Å². The Kier molecular flexibility index (Phi) is 6.14. The zero-order valence-corrected chi connectivity index (χ0v) is 15.4. The molecule has 1 N–H and O–H groups in total. The van der Waals surface area contributed by atoms with Gasteiger partial charge in [-0.1, -0.05) is 24.1 Å². The Bertz CT molecular complexity index is 725. The van der Waals surface area contributed by atoms with E-state index in [2.05, 4.69) is 16.7 Å². The molecule has 26 heavy (non-hydrogen) atoms. The molecule has 1 aromatic rings. The molecule has 2 aliphatic carbocycles. The number of aliphatic carboxylic acids is 1. The molecule has 2 bridgehead atoms. The average molecular weight is 378 g/mol. The monoisotopic (exact) mass is 377 g/mol. The minimum Gasteiger partial charge on any atom is -0.481 e. The fourth-order valence-electron chi connectivity index (χ4n) is 3.95. The summed E-state index contributed by atoms with van der Waals surface area (Å²) in [5.74, 6) is 2.30. The summed E-state index contributed by atoms with van der Waals surface area (Å²) in [7, 11) is 0. The van der Waals surface area contributed by atoms with Crippen molar-refractivity contribution in [1.82, 2.24) is 9.78 Å². The Balaban J connectivity index is 1.64. The van der Waals surface area contributed by atoms with E-state index in [1.54, 1.807) is 29.1 Å². The van der Waals surface area contributed by atoms with E-state index < -0.39 is 5.97 Å². The van der Waals surface area contributed by atoms with Crippen LogP contribution >= 0.6 is 11.6 Å². The zero-order valence-electron chi connectivity index (χ0n) is 14.7.